The molecule has 28 heavy (non-hydrogen) atoms. The van der Waals surface area contributed by atoms with Crippen molar-refractivity contribution in [3.8, 4) is 0 Å². The van der Waals surface area contributed by atoms with Crippen LogP contribution in [0.4, 0.5) is 4.39 Å². The number of hydrogen-bond acceptors (Lipinski definition) is 3. The minimum absolute atomic E-state index is 0.148. The molecule has 2 aromatic rings. The molecule has 0 aliphatic carbocycles. The van der Waals surface area contributed by atoms with Crippen molar-refractivity contribution < 1.29 is 17.6 Å². The van der Waals surface area contributed by atoms with Crippen LogP contribution >= 0.6 is 0 Å². The maximum atomic E-state index is 13.2. The predicted molar refractivity (Wildman–Crippen MR) is 106 cm³/mol. The number of piperidine rings is 1. The van der Waals surface area contributed by atoms with E-state index in [0.717, 1.165) is 24.8 Å². The highest BCUT2D eigenvalue weighted by Crippen LogP contribution is 2.22. The Morgan fingerprint density at radius 3 is 2.57 bits per heavy atom. The Morgan fingerprint density at radius 2 is 1.86 bits per heavy atom. The third kappa shape index (κ3) is 4.77. The second-order valence-electron chi connectivity index (χ2n) is 7.08. The summed E-state index contributed by atoms with van der Waals surface area (Å²) in [5, 5.41) is 2.80. The molecule has 5 nitrogen and oxygen atoms in total. The van der Waals surface area contributed by atoms with E-state index in [-0.39, 0.29) is 16.6 Å². The summed E-state index contributed by atoms with van der Waals surface area (Å²) in [5.74, 6) is -0.639. The number of benzene rings is 2. The summed E-state index contributed by atoms with van der Waals surface area (Å²) in [4.78, 5) is 12.7. The first-order valence-electron chi connectivity index (χ1n) is 9.51. The van der Waals surface area contributed by atoms with Crippen molar-refractivity contribution >= 4 is 15.9 Å². The molecule has 7 heteroatoms. The van der Waals surface area contributed by atoms with Crippen molar-refractivity contribution in [2.24, 2.45) is 0 Å². The van der Waals surface area contributed by atoms with E-state index in [1.807, 2.05) is 0 Å². The normalized spacial score (nSPS) is 15.4. The number of carbonyl (C=O) groups is 1. The molecule has 0 bridgehead atoms. The fourth-order valence-electron chi connectivity index (χ4n) is 3.37. The van der Waals surface area contributed by atoms with Gasteiger partial charge in [-0.15, -0.1) is 0 Å². The first-order chi connectivity index (χ1) is 13.4. The van der Waals surface area contributed by atoms with Crippen LogP contribution in [-0.4, -0.2) is 38.3 Å². The smallest absolute Gasteiger partial charge is 0.251 e. The van der Waals surface area contributed by atoms with E-state index >= 15 is 0 Å². The largest absolute Gasteiger partial charge is 0.352 e. The van der Waals surface area contributed by atoms with Crippen molar-refractivity contribution in [3.05, 3.63) is 65.0 Å². The minimum atomic E-state index is -3.59. The predicted octanol–water partition coefficient (Wildman–Crippen LogP) is 3.28. The van der Waals surface area contributed by atoms with E-state index in [9.17, 15) is 17.6 Å². The summed E-state index contributed by atoms with van der Waals surface area (Å²) in [7, 11) is -3.59. The van der Waals surface area contributed by atoms with Gasteiger partial charge in [-0.2, -0.15) is 4.31 Å². The van der Waals surface area contributed by atoms with E-state index in [1.54, 1.807) is 31.2 Å². The van der Waals surface area contributed by atoms with Gasteiger partial charge in [0.2, 0.25) is 10.0 Å². The number of aryl methyl sites for hydroxylation is 1. The highest BCUT2D eigenvalue weighted by molar-refractivity contribution is 7.89. The topological polar surface area (TPSA) is 66.5 Å². The zero-order valence-electron chi connectivity index (χ0n) is 15.9. The minimum Gasteiger partial charge on any atom is -0.352 e. The monoisotopic (exact) mass is 404 g/mol. The van der Waals surface area contributed by atoms with Crippen molar-refractivity contribution in [3.63, 3.8) is 0 Å². The lowest BCUT2D eigenvalue weighted by molar-refractivity contribution is 0.0953. The fourth-order valence-corrected chi connectivity index (χ4v) is 4.91. The van der Waals surface area contributed by atoms with Gasteiger partial charge in [-0.3, -0.25) is 4.79 Å². The Kier molecular flexibility index (Phi) is 6.46. The maximum Gasteiger partial charge on any atom is 0.251 e. The summed E-state index contributed by atoms with van der Waals surface area (Å²) in [6, 6.07) is 10.9. The summed E-state index contributed by atoms with van der Waals surface area (Å²) >= 11 is 0. The Hall–Kier alpha value is -2.25. The molecule has 0 aromatic heterocycles. The van der Waals surface area contributed by atoms with Crippen LogP contribution in [0, 0.1) is 12.7 Å². The Balaban J connectivity index is 1.70. The molecule has 1 aliphatic rings. The van der Waals surface area contributed by atoms with E-state index in [4.69, 9.17) is 0 Å². The summed E-state index contributed by atoms with van der Waals surface area (Å²) in [5.41, 5.74) is 1.84. The van der Waals surface area contributed by atoms with Gasteiger partial charge in [-0.05, 0) is 61.6 Å². The fraction of sp³-hybridized carbons (Fsp3) is 0.381. The molecule has 0 saturated carbocycles. The Labute approximate surface area is 165 Å². The molecule has 0 atom stereocenters. The molecule has 0 unspecified atom stereocenters. The van der Waals surface area contributed by atoms with Crippen LogP contribution in [0.1, 0.15) is 40.7 Å². The molecule has 150 valence electrons. The van der Waals surface area contributed by atoms with Gasteiger partial charge >= 0.3 is 0 Å². The Morgan fingerprint density at radius 1 is 1.11 bits per heavy atom. The number of rotatable bonds is 6. The summed E-state index contributed by atoms with van der Waals surface area (Å²) in [6.07, 6.45) is 3.25. The van der Waals surface area contributed by atoms with E-state index in [1.165, 1.54) is 22.5 Å². The molecule has 1 heterocycles. The van der Waals surface area contributed by atoms with Crippen molar-refractivity contribution in [1.82, 2.24) is 9.62 Å². The molecule has 1 aliphatic heterocycles. The van der Waals surface area contributed by atoms with Crippen molar-refractivity contribution in [2.45, 2.75) is 37.5 Å². The van der Waals surface area contributed by atoms with Gasteiger partial charge in [-0.1, -0.05) is 24.6 Å². The lowest BCUT2D eigenvalue weighted by Gasteiger charge is -2.26. The van der Waals surface area contributed by atoms with Crippen LogP contribution < -0.4 is 5.32 Å². The summed E-state index contributed by atoms with van der Waals surface area (Å²) in [6.45, 7) is 3.15. The van der Waals surface area contributed by atoms with Gasteiger partial charge in [0.05, 0.1) is 4.90 Å². The first-order valence-corrected chi connectivity index (χ1v) is 11.0. The third-order valence-corrected chi connectivity index (χ3v) is 6.89. The van der Waals surface area contributed by atoms with E-state index in [0.29, 0.717) is 37.2 Å². The SMILES string of the molecule is Cc1ccc(S(=O)(=O)N2CCCCC2)cc1C(=O)NCCc1cccc(F)c1. The average Bonchev–Trinajstić information content (AvgIpc) is 2.69. The number of amides is 1. The lowest BCUT2D eigenvalue weighted by atomic mass is 10.1. The zero-order chi connectivity index (χ0) is 20.1. The highest BCUT2D eigenvalue weighted by Gasteiger charge is 2.27. The van der Waals surface area contributed by atoms with Gasteiger partial charge < -0.3 is 5.32 Å². The second-order valence-corrected chi connectivity index (χ2v) is 9.02. The molecular formula is C21H25FN2O3S. The van der Waals surface area contributed by atoms with Crippen molar-refractivity contribution in [1.29, 1.82) is 0 Å². The van der Waals surface area contributed by atoms with Crippen LogP contribution in [0.5, 0.6) is 0 Å². The number of halogens is 1. The second kappa shape index (κ2) is 8.84. The number of sulfonamides is 1. The van der Waals surface area contributed by atoms with Gasteiger partial charge in [0.15, 0.2) is 0 Å². The van der Waals surface area contributed by atoms with E-state index in [2.05, 4.69) is 5.32 Å². The van der Waals surface area contributed by atoms with Crippen LogP contribution in [0.2, 0.25) is 0 Å². The van der Waals surface area contributed by atoms with Crippen molar-refractivity contribution in [2.75, 3.05) is 19.6 Å². The summed E-state index contributed by atoms with van der Waals surface area (Å²) < 4.78 is 40.5. The quantitative estimate of drug-likeness (QED) is 0.804. The lowest BCUT2D eigenvalue weighted by Crippen LogP contribution is -2.35. The number of nitrogens with zero attached hydrogens (tertiary/aromatic N) is 1. The van der Waals surface area contributed by atoms with Crippen LogP contribution in [0.3, 0.4) is 0 Å². The van der Waals surface area contributed by atoms with Crippen LogP contribution in [0.15, 0.2) is 47.4 Å². The van der Waals surface area contributed by atoms with Gasteiger partial charge in [-0.25, -0.2) is 12.8 Å². The number of nitrogens with one attached hydrogen (secondary N) is 1. The van der Waals surface area contributed by atoms with Crippen LogP contribution in [0.25, 0.3) is 0 Å². The molecule has 0 radical (unpaired) electrons. The maximum absolute atomic E-state index is 13.2. The average molecular weight is 405 g/mol. The molecular weight excluding hydrogens is 379 g/mol. The third-order valence-electron chi connectivity index (χ3n) is 4.99. The van der Waals surface area contributed by atoms with Gasteiger partial charge in [0.1, 0.15) is 5.82 Å². The molecule has 1 fully saturated rings. The van der Waals surface area contributed by atoms with E-state index < -0.39 is 10.0 Å². The highest BCUT2D eigenvalue weighted by atomic mass is 32.2. The Bertz CT molecular complexity index is 954. The molecule has 3 rings (SSSR count). The molecule has 1 amide bonds. The van der Waals surface area contributed by atoms with Crippen LogP contribution in [-0.2, 0) is 16.4 Å². The molecule has 1 N–H and O–H groups in total. The first kappa shape index (κ1) is 20.5. The van der Waals surface area contributed by atoms with Gasteiger partial charge in [0.25, 0.3) is 5.91 Å². The standard InChI is InChI=1S/C21H25FN2O3S/c1-16-8-9-19(28(26,27)24-12-3-2-4-13-24)15-20(16)21(25)23-11-10-17-6-5-7-18(22)14-17/h5-9,14-15H,2-4,10-13H2,1H3,(H,23,25). The molecule has 0 spiro atoms. The molecule has 2 aromatic carbocycles. The number of carbonyl (C=O) groups excluding carboxylic acids is 1. The number of hydrogen-bond donors (Lipinski definition) is 1. The molecule has 1 saturated heterocycles. The van der Waals surface area contributed by atoms with Gasteiger partial charge in [0, 0.05) is 25.2 Å². The zero-order valence-corrected chi connectivity index (χ0v) is 16.8.